The standard InChI is InChI=1S/C38H94O12S16Si4/c1-16-36(14)30-29-31-37(15,63(55,59-51)32-67(39-17-2,40-18-3)41-19-4)38(64(56,60-52)33-68(42-20-5,43-21-6)44-22-7,65(57,61-53)34-69(45-23-8,46-24-9)47-25-10)66(58,62-54)35-70(48-26-11,49-27-12)50-28-13/h36,51-58H,16-35H2,1-15H3. The molecule has 0 heterocycles. The van der Waals surface area contributed by atoms with E-state index in [0.29, 0.717) is 97.0 Å². The van der Waals surface area contributed by atoms with E-state index in [0.717, 1.165) is 19.3 Å². The van der Waals surface area contributed by atoms with Gasteiger partial charge in [0.1, 0.15) is 3.41 Å². The van der Waals surface area contributed by atoms with Crippen molar-refractivity contribution in [2.45, 2.75) is 138 Å². The molecule has 0 amide bonds. The van der Waals surface area contributed by atoms with E-state index in [9.17, 15) is 0 Å². The van der Waals surface area contributed by atoms with Gasteiger partial charge in [0.15, 0.2) is 0 Å². The van der Waals surface area contributed by atoms with Gasteiger partial charge in [-0.05, 0) is 142 Å². The first-order valence-electron chi connectivity index (χ1n) is 24.1. The van der Waals surface area contributed by atoms with Crippen molar-refractivity contribution < 1.29 is 53.1 Å². The predicted molar refractivity (Wildman–Crippen MR) is 359 cm³/mol. The SMILES string of the molecule is CCO[Si](CS(S)(SS)C(C)(CCCC(C)CC)C(S(S)(C[Si](OCC)(OCC)OCC)SS)(S(S)(C[Si](OCC)(OCC)OCC)SS)S(S)(C[Si](OCC)(OCC)OCC)SS)(OCC)OCC. The molecule has 0 saturated heterocycles. The van der Waals surface area contributed by atoms with Gasteiger partial charge in [0.05, 0.1) is 21.5 Å². The maximum absolute atomic E-state index is 6.88. The molecule has 6 atom stereocenters. The van der Waals surface area contributed by atoms with Crippen molar-refractivity contribution in [3.05, 3.63) is 0 Å². The summed E-state index contributed by atoms with van der Waals surface area (Å²) >= 11 is 46.9. The minimum absolute atomic E-state index is 0.214. The van der Waals surface area contributed by atoms with Crippen LogP contribution in [0.15, 0.2) is 0 Å². The van der Waals surface area contributed by atoms with Gasteiger partial charge in [-0.25, -0.2) is 0 Å². The van der Waals surface area contributed by atoms with Crippen molar-refractivity contribution in [3.63, 3.8) is 0 Å². The van der Waals surface area contributed by atoms with Gasteiger partial charge >= 0.3 is 35.2 Å². The van der Waals surface area contributed by atoms with Crippen LogP contribution in [0.4, 0.5) is 0 Å². The lowest BCUT2D eigenvalue weighted by atomic mass is 9.97. The first kappa shape index (κ1) is 76.0. The van der Waals surface area contributed by atoms with Crippen LogP contribution < -0.4 is 0 Å². The summed E-state index contributed by atoms with van der Waals surface area (Å²) in [7, 11) is -20.6. The van der Waals surface area contributed by atoms with Crippen LogP contribution in [0.3, 0.4) is 0 Å². The Bertz CT molecular complexity index is 1250. The van der Waals surface area contributed by atoms with Gasteiger partial charge in [0.25, 0.3) is 0 Å². The molecule has 0 saturated carbocycles. The fourth-order valence-corrected chi connectivity index (χ4v) is 99.5. The van der Waals surface area contributed by atoms with Gasteiger partial charge in [-0.1, -0.05) is 33.1 Å². The van der Waals surface area contributed by atoms with Crippen LogP contribution in [0.1, 0.15) is 130 Å². The first-order chi connectivity index (χ1) is 33.0. The number of rotatable bonds is 46. The molecule has 0 spiro atoms. The predicted octanol–water partition coefficient (Wildman–Crippen LogP) is 15.5. The Morgan fingerprint density at radius 1 is 0.386 bits per heavy atom. The molecule has 0 aliphatic heterocycles. The smallest absolute Gasteiger partial charge is 0.373 e. The molecule has 6 unspecified atom stereocenters. The second-order valence-electron chi connectivity index (χ2n) is 15.6. The Morgan fingerprint density at radius 2 is 0.586 bits per heavy atom. The lowest BCUT2D eigenvalue weighted by Gasteiger charge is -2.76. The molecule has 0 aliphatic carbocycles. The zero-order chi connectivity index (χ0) is 54.0. The zero-order valence-corrected chi connectivity index (χ0v) is 62.1. The quantitative estimate of drug-likeness (QED) is 0.0168. The van der Waals surface area contributed by atoms with Crippen molar-refractivity contribution in [1.29, 1.82) is 0 Å². The van der Waals surface area contributed by atoms with Gasteiger partial charge in [-0.15, -0.1) is 126 Å². The molecular weight excluding hydrogens is 1270 g/mol. The van der Waals surface area contributed by atoms with E-state index < -0.39 is 75.7 Å². The van der Waals surface area contributed by atoms with E-state index in [2.05, 4.69) is 20.8 Å². The summed E-state index contributed by atoms with van der Waals surface area (Å²) in [4.78, 5) is 0. The molecule has 70 heavy (non-hydrogen) atoms. The van der Waals surface area contributed by atoms with Crippen LogP contribution in [0, 0.1) is 5.92 Å². The highest BCUT2D eigenvalue weighted by Gasteiger charge is 2.80. The second kappa shape index (κ2) is 37.2. The van der Waals surface area contributed by atoms with Crippen LogP contribution in [0.25, 0.3) is 0 Å². The summed E-state index contributed by atoms with van der Waals surface area (Å²) in [6, 6.07) is 0. The van der Waals surface area contributed by atoms with Gasteiger partial charge in [-0.3, -0.25) is 0 Å². The molecule has 0 aromatic heterocycles. The summed E-state index contributed by atoms with van der Waals surface area (Å²) in [5, 5.41) is 0.944. The highest BCUT2D eigenvalue weighted by molar-refractivity contribution is 9.49. The highest BCUT2D eigenvalue weighted by Crippen LogP contribution is 3.07. The Labute approximate surface area is 491 Å². The number of thiol groups is 8. The van der Waals surface area contributed by atoms with E-state index in [1.165, 1.54) is 39.3 Å². The maximum atomic E-state index is 6.88. The van der Waals surface area contributed by atoms with E-state index >= 15 is 0 Å². The third-order valence-electron chi connectivity index (χ3n) is 11.0. The van der Waals surface area contributed by atoms with Gasteiger partial charge in [0.2, 0.25) is 0 Å². The van der Waals surface area contributed by atoms with E-state index in [-0.39, 0.29) is 16.1 Å². The summed E-state index contributed by atoms with van der Waals surface area (Å²) in [6.07, 6.45) is 3.30. The van der Waals surface area contributed by atoms with Crippen molar-refractivity contribution in [3.8, 4) is 0 Å². The number of hydrogen-bond acceptors (Lipinski definition) is 24. The van der Waals surface area contributed by atoms with Crippen molar-refractivity contribution >= 4 is 200 Å². The Balaban J connectivity index is 10.8. The average molecular weight is 1370 g/mol. The molecule has 32 heteroatoms. The number of hydrogen-bond donors (Lipinski definition) is 8. The van der Waals surface area contributed by atoms with Crippen LogP contribution in [-0.4, -0.2) is 144 Å². The molecule has 0 fully saturated rings. The first-order valence-corrected chi connectivity index (χ1v) is 52.8. The van der Waals surface area contributed by atoms with Crippen molar-refractivity contribution in [2.24, 2.45) is 5.92 Å². The third-order valence-corrected chi connectivity index (χ3v) is 83.0. The lowest BCUT2D eigenvalue weighted by Crippen LogP contribution is -2.66. The molecule has 0 bridgehead atoms. The third kappa shape index (κ3) is 19.0. The molecule has 0 aliphatic rings. The highest BCUT2D eigenvalue weighted by atomic mass is 33.8. The van der Waals surface area contributed by atoms with E-state index in [4.69, 9.17) is 146 Å². The Kier molecular flexibility index (Phi) is 40.4. The Hall–Kier alpha value is 5.99. The Morgan fingerprint density at radius 3 is 0.757 bits per heavy atom. The van der Waals surface area contributed by atoms with Crippen LogP contribution in [0.5, 0.6) is 0 Å². The van der Waals surface area contributed by atoms with Crippen molar-refractivity contribution in [2.75, 3.05) is 101 Å². The van der Waals surface area contributed by atoms with E-state index in [1.54, 1.807) is 0 Å². The summed E-state index contributed by atoms with van der Waals surface area (Å²) in [6.45, 7) is 34.5. The van der Waals surface area contributed by atoms with E-state index in [1.807, 2.05) is 83.1 Å². The fourth-order valence-electron chi connectivity index (χ4n) is 8.50. The average Bonchev–Trinajstić information content (AvgIpc) is 3.29. The van der Waals surface area contributed by atoms with Crippen LogP contribution in [0.2, 0.25) is 0 Å². The molecule has 0 aromatic rings. The lowest BCUT2D eigenvalue weighted by molar-refractivity contribution is 0.0761. The summed E-state index contributed by atoms with van der Waals surface area (Å²) in [5.74, 6) is 0.416. The van der Waals surface area contributed by atoms with Gasteiger partial charge in [0, 0.05) is 84.0 Å². The summed E-state index contributed by atoms with van der Waals surface area (Å²) < 4.78 is 79.9. The molecule has 430 valence electrons. The fraction of sp³-hybridized carbons (Fsp3) is 1.00. The second-order valence-corrected chi connectivity index (χ2v) is 62.8. The van der Waals surface area contributed by atoms with Gasteiger partial charge in [-0.2, -0.15) is 0 Å². The molecule has 12 nitrogen and oxygen atoms in total. The molecule has 0 rings (SSSR count). The normalized spacial score (nSPS) is 20.7. The minimum Gasteiger partial charge on any atom is -0.373 e. The monoisotopic (exact) mass is 1370 g/mol. The minimum atomic E-state index is -3.73. The van der Waals surface area contributed by atoms with Gasteiger partial charge < -0.3 is 53.1 Å². The molecule has 0 radical (unpaired) electrons. The summed E-state index contributed by atoms with van der Waals surface area (Å²) in [5.41, 5.74) is 0. The molecule has 0 aromatic carbocycles. The largest absolute Gasteiger partial charge is 0.511 e. The topological polar surface area (TPSA) is 111 Å². The van der Waals surface area contributed by atoms with Crippen LogP contribution >= 0.6 is 165 Å². The maximum Gasteiger partial charge on any atom is 0.511 e. The molecule has 0 N–H and O–H groups in total. The van der Waals surface area contributed by atoms with Crippen molar-refractivity contribution in [1.82, 2.24) is 0 Å². The van der Waals surface area contributed by atoms with Crippen LogP contribution in [-0.2, 0) is 53.1 Å². The zero-order valence-electron chi connectivity index (χ0n) is 44.5. The molecular formula is C38H94O12S16Si4.